The second-order valence-electron chi connectivity index (χ2n) is 7.49. The zero-order valence-corrected chi connectivity index (χ0v) is 19.1. The topological polar surface area (TPSA) is 80.3 Å². The molecule has 0 spiro atoms. The Balaban J connectivity index is 0.00000289. The monoisotopic (exact) mass is 499 g/mol. The van der Waals surface area contributed by atoms with E-state index < -0.39 is 11.7 Å². The smallest absolute Gasteiger partial charge is 0.255 e. The maximum absolute atomic E-state index is 14.5. The second-order valence-corrected chi connectivity index (χ2v) is 7.49. The highest BCUT2D eigenvalue weighted by molar-refractivity contribution is 8.93. The normalized spacial score (nSPS) is 12.4. The summed E-state index contributed by atoms with van der Waals surface area (Å²) in [4.78, 5) is 29.0. The number of carbonyl (C=O) groups excluding carboxylic acids is 2. The number of aromatic nitrogens is 1. The van der Waals surface area contributed by atoms with Crippen molar-refractivity contribution in [2.75, 3.05) is 5.32 Å². The molecule has 0 radical (unpaired) electrons. The van der Waals surface area contributed by atoms with Crippen LogP contribution in [0.1, 0.15) is 44.8 Å². The van der Waals surface area contributed by atoms with Crippen LogP contribution in [0.3, 0.4) is 0 Å². The molecule has 0 saturated heterocycles. The fraction of sp³-hybridized carbons (Fsp3) is 0.208. The molecule has 1 fully saturated rings. The van der Waals surface area contributed by atoms with Gasteiger partial charge in [0.05, 0.1) is 5.69 Å². The number of nitrogens with one attached hydrogen (secondary N) is 2. The minimum Gasteiger partial charge on any atom is -0.484 e. The molecule has 0 bridgehead atoms. The fourth-order valence-electron chi connectivity index (χ4n) is 2.98. The molecule has 0 aliphatic heterocycles. The maximum Gasteiger partial charge on any atom is 0.255 e. The van der Waals surface area contributed by atoms with Gasteiger partial charge in [-0.1, -0.05) is 12.1 Å². The van der Waals surface area contributed by atoms with Gasteiger partial charge in [-0.2, -0.15) is 0 Å². The van der Waals surface area contributed by atoms with Crippen LogP contribution in [0.4, 0.5) is 10.1 Å². The predicted octanol–water partition coefficient (Wildman–Crippen LogP) is 4.83. The Morgan fingerprint density at radius 3 is 2.50 bits per heavy atom. The van der Waals surface area contributed by atoms with Gasteiger partial charge in [0.1, 0.15) is 6.61 Å². The lowest BCUT2D eigenvalue weighted by Gasteiger charge is -2.12. The number of nitrogens with zero attached hydrogens (tertiary/aromatic N) is 1. The lowest BCUT2D eigenvalue weighted by atomic mass is 10.1. The number of benzene rings is 2. The van der Waals surface area contributed by atoms with Crippen molar-refractivity contribution < 1.29 is 18.7 Å². The highest BCUT2D eigenvalue weighted by Gasteiger charge is 2.24. The Morgan fingerprint density at radius 1 is 1.06 bits per heavy atom. The van der Waals surface area contributed by atoms with Gasteiger partial charge in [0, 0.05) is 29.1 Å². The standard InChI is InChI=1S/C24H22FN3O3.BrH/c1-15-5-6-17(23(29)27-18-8-9-18)13-21(15)28-24(30)16-7-10-22(20(25)12-16)31-14-19-4-2-3-11-26-19;/h2-7,10-13,18H,8-9,14H2,1H3,(H,27,29)(H,28,30);1H. The lowest BCUT2D eigenvalue weighted by molar-refractivity contribution is 0.0949. The average molecular weight is 500 g/mol. The zero-order chi connectivity index (χ0) is 21.8. The number of aryl methyl sites for hydroxylation is 1. The van der Waals surface area contributed by atoms with E-state index >= 15 is 0 Å². The van der Waals surface area contributed by atoms with Crippen molar-refractivity contribution in [3.8, 4) is 5.75 Å². The minimum atomic E-state index is -0.641. The summed E-state index contributed by atoms with van der Waals surface area (Å²) in [6.45, 7) is 1.95. The highest BCUT2D eigenvalue weighted by atomic mass is 79.9. The van der Waals surface area contributed by atoms with Gasteiger partial charge in [-0.05, 0) is 67.8 Å². The third-order valence-corrected chi connectivity index (χ3v) is 4.96. The summed E-state index contributed by atoms with van der Waals surface area (Å²) in [6.07, 6.45) is 3.62. The van der Waals surface area contributed by atoms with E-state index in [-0.39, 0.29) is 46.9 Å². The molecule has 8 heteroatoms. The Kier molecular flexibility index (Phi) is 7.58. The zero-order valence-electron chi connectivity index (χ0n) is 17.4. The summed E-state index contributed by atoms with van der Waals surface area (Å²) in [5.74, 6) is -1.24. The Morgan fingerprint density at radius 2 is 1.81 bits per heavy atom. The SMILES string of the molecule is Br.Cc1ccc(C(=O)NC2CC2)cc1NC(=O)c1ccc(OCc2ccccn2)c(F)c1. The highest BCUT2D eigenvalue weighted by Crippen LogP contribution is 2.23. The molecular weight excluding hydrogens is 477 g/mol. The summed E-state index contributed by atoms with van der Waals surface area (Å²) in [6, 6.07) is 14.8. The van der Waals surface area contributed by atoms with E-state index in [9.17, 15) is 14.0 Å². The van der Waals surface area contributed by atoms with Crippen molar-refractivity contribution in [3.63, 3.8) is 0 Å². The van der Waals surface area contributed by atoms with Gasteiger partial charge >= 0.3 is 0 Å². The number of hydrogen-bond acceptors (Lipinski definition) is 4. The van der Waals surface area contributed by atoms with Gasteiger partial charge in [0.25, 0.3) is 11.8 Å². The number of hydrogen-bond donors (Lipinski definition) is 2. The number of ether oxygens (including phenoxy) is 1. The van der Waals surface area contributed by atoms with Crippen LogP contribution in [0, 0.1) is 12.7 Å². The van der Waals surface area contributed by atoms with E-state index in [1.807, 2.05) is 13.0 Å². The number of carbonyl (C=O) groups is 2. The Bertz CT molecular complexity index is 1120. The molecule has 2 amide bonds. The van der Waals surface area contributed by atoms with Crippen LogP contribution in [0.25, 0.3) is 0 Å². The number of rotatable bonds is 7. The first-order valence-corrected chi connectivity index (χ1v) is 10.0. The molecule has 2 aromatic carbocycles. The Labute approximate surface area is 196 Å². The van der Waals surface area contributed by atoms with E-state index in [1.165, 1.54) is 12.1 Å². The van der Waals surface area contributed by atoms with Crippen LogP contribution in [0.5, 0.6) is 5.75 Å². The van der Waals surface area contributed by atoms with E-state index in [1.54, 1.807) is 36.5 Å². The van der Waals surface area contributed by atoms with Crippen molar-refractivity contribution in [2.45, 2.75) is 32.4 Å². The van der Waals surface area contributed by atoms with Crippen molar-refractivity contribution in [1.82, 2.24) is 10.3 Å². The number of halogens is 2. The molecule has 0 atom stereocenters. The summed E-state index contributed by atoms with van der Waals surface area (Å²) in [5.41, 5.74) is 2.59. The fourth-order valence-corrected chi connectivity index (χ4v) is 2.98. The average Bonchev–Trinajstić information content (AvgIpc) is 3.59. The van der Waals surface area contributed by atoms with Gasteiger partial charge in [0.2, 0.25) is 0 Å². The largest absolute Gasteiger partial charge is 0.484 e. The molecular formula is C24H23BrFN3O3. The van der Waals surface area contributed by atoms with Gasteiger partial charge in [-0.25, -0.2) is 4.39 Å². The van der Waals surface area contributed by atoms with E-state index in [0.29, 0.717) is 16.9 Å². The summed E-state index contributed by atoms with van der Waals surface area (Å²) >= 11 is 0. The van der Waals surface area contributed by atoms with E-state index in [2.05, 4.69) is 15.6 Å². The molecule has 1 aliphatic carbocycles. The summed E-state index contributed by atoms with van der Waals surface area (Å²) < 4.78 is 19.9. The van der Waals surface area contributed by atoms with Crippen LogP contribution in [-0.4, -0.2) is 22.8 Å². The first-order valence-electron chi connectivity index (χ1n) is 10.0. The maximum atomic E-state index is 14.5. The van der Waals surface area contributed by atoms with Crippen LogP contribution in [0.15, 0.2) is 60.8 Å². The van der Waals surface area contributed by atoms with E-state index in [0.717, 1.165) is 24.5 Å². The molecule has 1 aromatic heterocycles. The molecule has 6 nitrogen and oxygen atoms in total. The molecule has 32 heavy (non-hydrogen) atoms. The molecule has 2 N–H and O–H groups in total. The predicted molar refractivity (Wildman–Crippen MR) is 125 cm³/mol. The number of pyridine rings is 1. The van der Waals surface area contributed by atoms with Crippen molar-refractivity contribution in [1.29, 1.82) is 0 Å². The molecule has 1 heterocycles. The van der Waals surface area contributed by atoms with Crippen LogP contribution in [0.2, 0.25) is 0 Å². The van der Waals surface area contributed by atoms with Gasteiger partial charge in [0.15, 0.2) is 11.6 Å². The molecule has 1 saturated carbocycles. The molecule has 0 unspecified atom stereocenters. The minimum absolute atomic E-state index is 0. The van der Waals surface area contributed by atoms with Crippen LogP contribution < -0.4 is 15.4 Å². The van der Waals surface area contributed by atoms with Gasteiger partial charge in [-0.3, -0.25) is 14.6 Å². The van der Waals surface area contributed by atoms with E-state index in [4.69, 9.17) is 4.74 Å². The first kappa shape index (κ1) is 23.4. The van der Waals surface area contributed by atoms with Crippen LogP contribution >= 0.6 is 17.0 Å². The number of anilines is 1. The Hall–Kier alpha value is -3.26. The third kappa shape index (κ3) is 5.91. The van der Waals surface area contributed by atoms with Gasteiger partial charge < -0.3 is 15.4 Å². The molecule has 166 valence electrons. The number of amides is 2. The van der Waals surface area contributed by atoms with Crippen molar-refractivity contribution in [2.24, 2.45) is 0 Å². The van der Waals surface area contributed by atoms with Crippen molar-refractivity contribution in [3.05, 3.63) is 89.0 Å². The van der Waals surface area contributed by atoms with Gasteiger partial charge in [-0.15, -0.1) is 17.0 Å². The first-order chi connectivity index (χ1) is 15.0. The van der Waals surface area contributed by atoms with Crippen LogP contribution in [-0.2, 0) is 6.61 Å². The second kappa shape index (κ2) is 10.4. The third-order valence-electron chi connectivity index (χ3n) is 4.96. The molecule has 1 aliphatic rings. The summed E-state index contributed by atoms with van der Waals surface area (Å²) in [5, 5.41) is 5.68. The lowest BCUT2D eigenvalue weighted by Crippen LogP contribution is -2.25. The summed E-state index contributed by atoms with van der Waals surface area (Å²) in [7, 11) is 0. The van der Waals surface area contributed by atoms with Crippen molar-refractivity contribution >= 4 is 34.5 Å². The molecule has 4 rings (SSSR count). The quantitative estimate of drug-likeness (QED) is 0.487. The molecule has 3 aromatic rings.